The monoisotopic (exact) mass is 352 g/mol. The van der Waals surface area contributed by atoms with E-state index in [0.717, 1.165) is 31.7 Å². The fourth-order valence-electron chi connectivity index (χ4n) is 3.97. The van der Waals surface area contributed by atoms with Crippen LogP contribution in [0.3, 0.4) is 0 Å². The van der Waals surface area contributed by atoms with Crippen LogP contribution < -0.4 is 15.4 Å². The molecule has 0 spiro atoms. The van der Waals surface area contributed by atoms with E-state index in [1.165, 1.54) is 27.9 Å². The Hall–Kier alpha value is -2.00. The van der Waals surface area contributed by atoms with Crippen molar-refractivity contribution in [1.29, 1.82) is 0 Å². The molecule has 2 aromatic rings. The molecule has 3 heteroatoms. The Morgan fingerprint density at radius 2 is 1.88 bits per heavy atom. The van der Waals surface area contributed by atoms with Gasteiger partial charge in [0.2, 0.25) is 0 Å². The Morgan fingerprint density at radius 3 is 2.46 bits per heavy atom. The second-order valence-electron chi connectivity index (χ2n) is 8.11. The molecule has 2 aromatic carbocycles. The standard InChI is InChI=1S/C23H32N2O/c1-6-18-13-21-22(14-20(18)16(2)24)25(12-11-23(21,3)4)15-17-7-9-19(26-5)10-8-17/h7-10,13-14,16H,6,11-12,15,24H2,1-5H3. The molecule has 1 aliphatic heterocycles. The van der Waals surface area contributed by atoms with Gasteiger partial charge >= 0.3 is 0 Å². The maximum Gasteiger partial charge on any atom is 0.118 e. The number of nitrogens with zero attached hydrogens (tertiary/aromatic N) is 1. The van der Waals surface area contributed by atoms with E-state index in [1.54, 1.807) is 7.11 Å². The summed E-state index contributed by atoms with van der Waals surface area (Å²) >= 11 is 0. The smallest absolute Gasteiger partial charge is 0.118 e. The van der Waals surface area contributed by atoms with E-state index in [9.17, 15) is 0 Å². The van der Waals surface area contributed by atoms with Gasteiger partial charge in [-0.1, -0.05) is 39.0 Å². The van der Waals surface area contributed by atoms with Gasteiger partial charge in [0.1, 0.15) is 5.75 Å². The molecule has 1 unspecified atom stereocenters. The van der Waals surface area contributed by atoms with E-state index in [2.05, 4.69) is 56.9 Å². The fourth-order valence-corrected chi connectivity index (χ4v) is 3.97. The topological polar surface area (TPSA) is 38.5 Å². The molecule has 0 saturated heterocycles. The van der Waals surface area contributed by atoms with Crippen molar-refractivity contribution in [2.24, 2.45) is 5.73 Å². The van der Waals surface area contributed by atoms with Crippen molar-refractivity contribution in [3.8, 4) is 5.75 Å². The van der Waals surface area contributed by atoms with E-state index in [0.29, 0.717) is 0 Å². The van der Waals surface area contributed by atoms with Crippen molar-refractivity contribution in [3.63, 3.8) is 0 Å². The lowest BCUT2D eigenvalue weighted by molar-refractivity contribution is 0.414. The molecular weight excluding hydrogens is 320 g/mol. The third kappa shape index (κ3) is 3.59. The minimum absolute atomic E-state index is 0.0584. The lowest BCUT2D eigenvalue weighted by Crippen LogP contribution is -2.37. The van der Waals surface area contributed by atoms with E-state index in [1.807, 2.05) is 12.1 Å². The number of aryl methyl sites for hydroxylation is 1. The number of hydrogen-bond acceptors (Lipinski definition) is 3. The number of hydrogen-bond donors (Lipinski definition) is 1. The molecule has 0 bridgehead atoms. The summed E-state index contributed by atoms with van der Waals surface area (Å²) in [5, 5.41) is 0. The van der Waals surface area contributed by atoms with Crippen LogP contribution in [0.25, 0.3) is 0 Å². The van der Waals surface area contributed by atoms with Crippen molar-refractivity contribution in [2.45, 2.75) is 58.5 Å². The number of ether oxygens (including phenoxy) is 1. The third-order valence-electron chi connectivity index (χ3n) is 5.74. The summed E-state index contributed by atoms with van der Waals surface area (Å²) in [6, 6.07) is 13.2. The van der Waals surface area contributed by atoms with Gasteiger partial charge in [-0.2, -0.15) is 0 Å². The molecule has 1 heterocycles. The molecule has 0 fully saturated rings. The van der Waals surface area contributed by atoms with Crippen molar-refractivity contribution in [1.82, 2.24) is 0 Å². The molecule has 0 aromatic heterocycles. The van der Waals surface area contributed by atoms with Crippen LogP contribution in [0, 0.1) is 0 Å². The van der Waals surface area contributed by atoms with Crippen LogP contribution in [0.5, 0.6) is 5.75 Å². The Morgan fingerprint density at radius 1 is 1.19 bits per heavy atom. The highest BCUT2D eigenvalue weighted by Gasteiger charge is 2.32. The van der Waals surface area contributed by atoms with E-state index in [4.69, 9.17) is 10.5 Å². The maximum atomic E-state index is 6.29. The molecule has 1 aliphatic rings. The predicted octanol–water partition coefficient (Wildman–Crippen LogP) is 4.97. The lowest BCUT2D eigenvalue weighted by atomic mass is 9.75. The summed E-state index contributed by atoms with van der Waals surface area (Å²) in [4.78, 5) is 2.51. The second kappa shape index (κ2) is 7.32. The van der Waals surface area contributed by atoms with Gasteiger partial charge in [-0.25, -0.2) is 0 Å². The Bertz CT molecular complexity index is 763. The highest BCUT2D eigenvalue weighted by Crippen LogP contribution is 2.42. The highest BCUT2D eigenvalue weighted by atomic mass is 16.5. The molecule has 1 atom stereocenters. The third-order valence-corrected chi connectivity index (χ3v) is 5.74. The molecule has 0 radical (unpaired) electrons. The van der Waals surface area contributed by atoms with Crippen LogP contribution in [0.4, 0.5) is 5.69 Å². The van der Waals surface area contributed by atoms with Crippen LogP contribution in [0.2, 0.25) is 0 Å². The van der Waals surface area contributed by atoms with Gasteiger partial charge in [0, 0.05) is 24.8 Å². The number of nitrogens with two attached hydrogens (primary N) is 1. The zero-order valence-electron chi connectivity index (χ0n) is 16.8. The number of fused-ring (bicyclic) bond motifs is 1. The first-order chi connectivity index (χ1) is 12.4. The second-order valence-corrected chi connectivity index (χ2v) is 8.11. The van der Waals surface area contributed by atoms with E-state index in [-0.39, 0.29) is 11.5 Å². The number of rotatable bonds is 5. The van der Waals surface area contributed by atoms with Gasteiger partial charge in [0.05, 0.1) is 7.11 Å². The van der Waals surface area contributed by atoms with Gasteiger partial charge in [-0.15, -0.1) is 0 Å². The molecule has 0 amide bonds. The van der Waals surface area contributed by atoms with Crippen molar-refractivity contribution < 1.29 is 4.74 Å². The Kier molecular flexibility index (Phi) is 5.29. The maximum absolute atomic E-state index is 6.29. The van der Waals surface area contributed by atoms with Crippen LogP contribution in [-0.4, -0.2) is 13.7 Å². The molecule has 3 rings (SSSR count). The predicted molar refractivity (Wildman–Crippen MR) is 110 cm³/mol. The highest BCUT2D eigenvalue weighted by molar-refractivity contribution is 5.63. The van der Waals surface area contributed by atoms with Crippen molar-refractivity contribution >= 4 is 5.69 Å². The quantitative estimate of drug-likeness (QED) is 0.826. The van der Waals surface area contributed by atoms with Gasteiger partial charge in [-0.3, -0.25) is 0 Å². The molecule has 0 aliphatic carbocycles. The van der Waals surface area contributed by atoms with Gasteiger partial charge < -0.3 is 15.4 Å². The Balaban J connectivity index is 2.00. The fraction of sp³-hybridized carbons (Fsp3) is 0.478. The minimum atomic E-state index is 0.0584. The molecular formula is C23H32N2O. The summed E-state index contributed by atoms with van der Waals surface area (Å²) in [7, 11) is 1.71. The number of anilines is 1. The molecule has 140 valence electrons. The Labute approximate surface area is 158 Å². The zero-order chi connectivity index (χ0) is 18.9. The van der Waals surface area contributed by atoms with Crippen LogP contribution in [-0.2, 0) is 18.4 Å². The summed E-state index contributed by atoms with van der Waals surface area (Å²) < 4.78 is 5.28. The van der Waals surface area contributed by atoms with Crippen molar-refractivity contribution in [2.75, 3.05) is 18.6 Å². The van der Waals surface area contributed by atoms with E-state index < -0.39 is 0 Å². The summed E-state index contributed by atoms with van der Waals surface area (Å²) in [6.45, 7) is 11.0. The first-order valence-corrected chi connectivity index (χ1v) is 9.66. The average Bonchev–Trinajstić information content (AvgIpc) is 2.63. The summed E-state index contributed by atoms with van der Waals surface area (Å²) in [5.74, 6) is 0.903. The van der Waals surface area contributed by atoms with Crippen LogP contribution in [0.1, 0.15) is 62.4 Å². The molecule has 0 saturated carbocycles. The van der Waals surface area contributed by atoms with Gasteiger partial charge in [0.15, 0.2) is 0 Å². The van der Waals surface area contributed by atoms with Crippen LogP contribution >= 0.6 is 0 Å². The molecule has 3 nitrogen and oxygen atoms in total. The van der Waals surface area contributed by atoms with Gasteiger partial charge in [0.25, 0.3) is 0 Å². The van der Waals surface area contributed by atoms with Gasteiger partial charge in [-0.05, 0) is 65.6 Å². The summed E-state index contributed by atoms with van der Waals surface area (Å²) in [5.41, 5.74) is 13.3. The zero-order valence-corrected chi connectivity index (χ0v) is 16.8. The summed E-state index contributed by atoms with van der Waals surface area (Å²) in [6.07, 6.45) is 2.19. The lowest BCUT2D eigenvalue weighted by Gasteiger charge is -2.41. The normalized spacial score (nSPS) is 16.9. The molecule has 26 heavy (non-hydrogen) atoms. The van der Waals surface area contributed by atoms with Crippen molar-refractivity contribution in [3.05, 3.63) is 58.7 Å². The largest absolute Gasteiger partial charge is 0.497 e. The average molecular weight is 353 g/mol. The first kappa shape index (κ1) is 18.8. The van der Waals surface area contributed by atoms with E-state index >= 15 is 0 Å². The van der Waals surface area contributed by atoms with Crippen LogP contribution in [0.15, 0.2) is 36.4 Å². The minimum Gasteiger partial charge on any atom is -0.497 e. The SMILES string of the molecule is CCc1cc2c(cc1C(C)N)N(Cc1ccc(OC)cc1)CCC2(C)C. The molecule has 2 N–H and O–H groups in total. The number of methoxy groups -OCH3 is 1. The first-order valence-electron chi connectivity index (χ1n) is 9.66. The number of benzene rings is 2.